The minimum Gasteiger partial charge on any atom is -0.0909 e. The Hall–Kier alpha value is -0.520. The van der Waals surface area contributed by atoms with Crippen LogP contribution in [0, 0.1) is 17.9 Å². The van der Waals surface area contributed by atoms with Gasteiger partial charge in [-0.05, 0) is 42.7 Å². The van der Waals surface area contributed by atoms with Gasteiger partial charge in [-0.15, -0.1) is 0 Å². The zero-order valence-electron chi connectivity index (χ0n) is 5.56. The van der Waals surface area contributed by atoms with E-state index in [0.29, 0.717) is 0 Å². The van der Waals surface area contributed by atoms with E-state index in [1.54, 1.807) is 0 Å². The van der Waals surface area contributed by atoms with E-state index in [4.69, 9.17) is 0 Å². The molecule has 0 saturated heterocycles. The summed E-state index contributed by atoms with van der Waals surface area (Å²) in [6, 6.07) is 0. The maximum absolute atomic E-state index is 3.64. The highest BCUT2D eigenvalue weighted by Crippen LogP contribution is 2.47. The molecule has 0 aliphatic heterocycles. The van der Waals surface area contributed by atoms with E-state index >= 15 is 0 Å². The lowest BCUT2D eigenvalue weighted by atomic mass is 10.0. The Morgan fingerprint density at radius 3 is 3.22 bits per heavy atom. The van der Waals surface area contributed by atoms with E-state index in [0.717, 1.165) is 11.8 Å². The van der Waals surface area contributed by atoms with Gasteiger partial charge in [-0.25, -0.2) is 0 Å². The van der Waals surface area contributed by atoms with Crippen LogP contribution in [0.2, 0.25) is 0 Å². The minimum atomic E-state index is 0.919. The normalized spacial score (nSPS) is 38.9. The summed E-state index contributed by atoms with van der Waals surface area (Å²) in [5.74, 6) is 1.96. The van der Waals surface area contributed by atoms with Crippen LogP contribution >= 0.6 is 0 Å². The molecule has 1 radical (unpaired) electrons. The van der Waals surface area contributed by atoms with Crippen LogP contribution in [0.5, 0.6) is 0 Å². The molecule has 2 aliphatic rings. The lowest BCUT2D eigenvalue weighted by Crippen LogP contribution is -1.91. The quantitative estimate of drug-likeness (QED) is 0.497. The van der Waals surface area contributed by atoms with Crippen LogP contribution in [0.25, 0.3) is 0 Å². The molecule has 0 N–H and O–H groups in total. The predicted octanol–water partition coefficient (Wildman–Crippen LogP) is 2.33. The molecule has 2 rings (SSSR count). The molecule has 2 atom stereocenters. The van der Waals surface area contributed by atoms with Crippen LogP contribution in [-0.2, 0) is 0 Å². The van der Waals surface area contributed by atoms with E-state index in [9.17, 15) is 0 Å². The highest BCUT2D eigenvalue weighted by atomic mass is 14.4. The van der Waals surface area contributed by atoms with Gasteiger partial charge in [0.05, 0.1) is 0 Å². The van der Waals surface area contributed by atoms with Gasteiger partial charge in [0.25, 0.3) is 0 Å². The predicted molar refractivity (Wildman–Crippen MR) is 37.8 cm³/mol. The van der Waals surface area contributed by atoms with Gasteiger partial charge in [0.15, 0.2) is 0 Å². The lowest BCUT2D eigenvalue weighted by molar-refractivity contribution is 0.665. The largest absolute Gasteiger partial charge is 0.0909 e. The van der Waals surface area contributed by atoms with Crippen LogP contribution in [0.3, 0.4) is 0 Å². The Balaban J connectivity index is 2.14. The SMILES string of the molecule is C=[C]C1=CC2CC2CC1. The first kappa shape index (κ1) is 5.28. The van der Waals surface area contributed by atoms with E-state index < -0.39 is 0 Å². The van der Waals surface area contributed by atoms with Crippen molar-refractivity contribution in [2.75, 3.05) is 0 Å². The molecule has 0 aromatic rings. The van der Waals surface area contributed by atoms with Crippen LogP contribution < -0.4 is 0 Å². The van der Waals surface area contributed by atoms with Crippen molar-refractivity contribution >= 4 is 0 Å². The van der Waals surface area contributed by atoms with Gasteiger partial charge in [-0.1, -0.05) is 12.7 Å². The van der Waals surface area contributed by atoms with Crippen molar-refractivity contribution in [1.82, 2.24) is 0 Å². The first-order valence-electron chi connectivity index (χ1n) is 3.64. The fourth-order valence-corrected chi connectivity index (χ4v) is 1.64. The van der Waals surface area contributed by atoms with E-state index in [1.165, 1.54) is 24.8 Å². The average Bonchev–Trinajstić information content (AvgIpc) is 2.64. The maximum atomic E-state index is 3.64. The summed E-state index contributed by atoms with van der Waals surface area (Å²) in [7, 11) is 0. The fraction of sp³-hybridized carbons (Fsp3) is 0.556. The molecule has 0 spiro atoms. The zero-order valence-corrected chi connectivity index (χ0v) is 5.56. The molecule has 1 fully saturated rings. The monoisotopic (exact) mass is 119 g/mol. The second-order valence-electron chi connectivity index (χ2n) is 3.07. The topological polar surface area (TPSA) is 0 Å². The maximum Gasteiger partial charge on any atom is -0.0196 e. The van der Waals surface area contributed by atoms with Gasteiger partial charge in [0, 0.05) is 0 Å². The molecule has 0 bridgehead atoms. The number of hydrogen-bond donors (Lipinski definition) is 0. The summed E-state index contributed by atoms with van der Waals surface area (Å²) < 4.78 is 0. The van der Waals surface area contributed by atoms with Crippen molar-refractivity contribution in [3.05, 3.63) is 24.3 Å². The van der Waals surface area contributed by atoms with Crippen molar-refractivity contribution < 1.29 is 0 Å². The molecular weight excluding hydrogens is 108 g/mol. The molecule has 2 unspecified atom stereocenters. The van der Waals surface area contributed by atoms with Crippen molar-refractivity contribution in [2.45, 2.75) is 19.3 Å². The number of rotatable bonds is 1. The van der Waals surface area contributed by atoms with Crippen molar-refractivity contribution in [3.8, 4) is 0 Å². The van der Waals surface area contributed by atoms with Gasteiger partial charge in [-0.3, -0.25) is 0 Å². The summed E-state index contributed by atoms with van der Waals surface area (Å²) in [6.07, 6.45) is 9.37. The summed E-state index contributed by atoms with van der Waals surface area (Å²) in [4.78, 5) is 0. The molecule has 9 heavy (non-hydrogen) atoms. The smallest absolute Gasteiger partial charge is 0.0196 e. The van der Waals surface area contributed by atoms with Crippen LogP contribution in [-0.4, -0.2) is 0 Å². The number of hydrogen-bond acceptors (Lipinski definition) is 0. The fourth-order valence-electron chi connectivity index (χ4n) is 1.64. The molecule has 1 saturated carbocycles. The Kier molecular flexibility index (Phi) is 1.01. The molecule has 0 heteroatoms. The summed E-state index contributed by atoms with van der Waals surface area (Å²) in [5, 5.41) is 0. The van der Waals surface area contributed by atoms with Gasteiger partial charge in [0.1, 0.15) is 0 Å². The van der Waals surface area contributed by atoms with E-state index in [2.05, 4.69) is 18.7 Å². The first-order chi connectivity index (χ1) is 4.40. The van der Waals surface area contributed by atoms with Crippen molar-refractivity contribution in [2.24, 2.45) is 11.8 Å². The second-order valence-corrected chi connectivity index (χ2v) is 3.07. The summed E-state index contributed by atoms with van der Waals surface area (Å²) in [5.41, 5.74) is 1.36. The minimum absolute atomic E-state index is 0.919. The van der Waals surface area contributed by atoms with E-state index in [-0.39, 0.29) is 0 Å². The molecule has 0 amide bonds. The van der Waals surface area contributed by atoms with Crippen LogP contribution in [0.1, 0.15) is 19.3 Å². The third-order valence-electron chi connectivity index (χ3n) is 2.40. The Bertz CT molecular complexity index is 165. The number of fused-ring (bicyclic) bond motifs is 1. The van der Waals surface area contributed by atoms with Crippen LogP contribution in [0.15, 0.2) is 18.2 Å². The van der Waals surface area contributed by atoms with E-state index in [1.807, 2.05) is 0 Å². The average molecular weight is 119 g/mol. The zero-order chi connectivity index (χ0) is 6.27. The van der Waals surface area contributed by atoms with Gasteiger partial charge >= 0.3 is 0 Å². The second kappa shape index (κ2) is 1.73. The third-order valence-corrected chi connectivity index (χ3v) is 2.40. The highest BCUT2D eigenvalue weighted by Gasteiger charge is 2.37. The summed E-state index contributed by atoms with van der Waals surface area (Å²) in [6.45, 7) is 3.64. The highest BCUT2D eigenvalue weighted by molar-refractivity contribution is 5.20. The first-order valence-corrected chi connectivity index (χ1v) is 3.64. The van der Waals surface area contributed by atoms with Gasteiger partial charge in [0.2, 0.25) is 0 Å². The Morgan fingerprint density at radius 2 is 2.56 bits per heavy atom. The molecule has 0 aromatic heterocycles. The molecule has 0 heterocycles. The van der Waals surface area contributed by atoms with Gasteiger partial charge < -0.3 is 0 Å². The molecule has 2 aliphatic carbocycles. The molecule has 0 nitrogen and oxygen atoms in total. The molecule has 47 valence electrons. The Morgan fingerprint density at radius 1 is 1.67 bits per heavy atom. The molecular formula is C9H11. The number of allylic oxidation sites excluding steroid dienone is 3. The molecule has 0 aromatic carbocycles. The van der Waals surface area contributed by atoms with Crippen molar-refractivity contribution in [1.29, 1.82) is 0 Å². The summed E-state index contributed by atoms with van der Waals surface area (Å²) >= 11 is 0. The van der Waals surface area contributed by atoms with Crippen molar-refractivity contribution in [3.63, 3.8) is 0 Å². The third kappa shape index (κ3) is 0.827. The van der Waals surface area contributed by atoms with Gasteiger partial charge in [-0.2, -0.15) is 0 Å². The lowest BCUT2D eigenvalue weighted by Gasteiger charge is -2.05. The van der Waals surface area contributed by atoms with Crippen LogP contribution in [0.4, 0.5) is 0 Å². The Labute approximate surface area is 56.3 Å². The standard InChI is InChI=1S/C9H11/c1-2-7-3-4-8-6-9(8)5-7/h5,8-9H,1,3-4,6H2.